The highest BCUT2D eigenvalue weighted by atomic mass is 79.9. The van der Waals surface area contributed by atoms with Gasteiger partial charge in [0, 0.05) is 15.1 Å². The molecule has 0 atom stereocenters. The Morgan fingerprint density at radius 1 is 1.10 bits per heavy atom. The lowest BCUT2D eigenvalue weighted by Crippen LogP contribution is -1.97. The van der Waals surface area contributed by atoms with Crippen LogP contribution < -0.4 is 0 Å². The van der Waals surface area contributed by atoms with E-state index in [0.29, 0.717) is 4.47 Å². The van der Waals surface area contributed by atoms with Crippen LogP contribution in [0.2, 0.25) is 0 Å². The zero-order valence-corrected chi connectivity index (χ0v) is 12.9. The summed E-state index contributed by atoms with van der Waals surface area (Å²) in [5.74, 6) is -0.182. The molecule has 0 heterocycles. The number of aromatic carboxylic acids is 1. The molecule has 0 aliphatic heterocycles. The molecule has 0 unspecified atom stereocenters. The van der Waals surface area contributed by atoms with Gasteiger partial charge >= 0.3 is 5.97 Å². The van der Waals surface area contributed by atoms with E-state index in [1.807, 2.05) is 30.3 Å². The van der Waals surface area contributed by atoms with Crippen LogP contribution in [0.15, 0.2) is 51.8 Å². The number of hydrogen-bond donors (Lipinski definition) is 2. The van der Waals surface area contributed by atoms with Crippen LogP contribution in [0.1, 0.15) is 21.5 Å². The summed E-state index contributed by atoms with van der Waals surface area (Å²) in [5, 5.41) is 18.0. The fraction of sp³-hybridized carbons (Fsp3) is 0.133. The van der Waals surface area contributed by atoms with Crippen molar-refractivity contribution in [2.45, 2.75) is 17.3 Å². The van der Waals surface area contributed by atoms with Crippen molar-refractivity contribution in [1.29, 1.82) is 0 Å². The quantitative estimate of drug-likeness (QED) is 0.800. The number of carbonyl (C=O) groups is 1. The summed E-state index contributed by atoms with van der Waals surface area (Å²) in [4.78, 5) is 12.0. The van der Waals surface area contributed by atoms with Crippen LogP contribution in [0.25, 0.3) is 0 Å². The van der Waals surface area contributed by atoms with Crippen molar-refractivity contribution in [3.8, 4) is 0 Å². The Labute approximate surface area is 129 Å². The van der Waals surface area contributed by atoms with E-state index in [9.17, 15) is 4.79 Å². The molecule has 0 aromatic heterocycles. The molecule has 0 aliphatic rings. The van der Waals surface area contributed by atoms with Gasteiger partial charge in [-0.15, -0.1) is 11.8 Å². The van der Waals surface area contributed by atoms with E-state index in [1.165, 1.54) is 0 Å². The zero-order valence-electron chi connectivity index (χ0n) is 10.5. The Morgan fingerprint density at radius 3 is 2.35 bits per heavy atom. The summed E-state index contributed by atoms with van der Waals surface area (Å²) < 4.78 is 0.585. The van der Waals surface area contributed by atoms with Gasteiger partial charge in [-0.1, -0.05) is 24.3 Å². The molecule has 5 heteroatoms. The first-order chi connectivity index (χ1) is 9.60. The number of carboxylic acids is 1. The molecule has 2 rings (SSSR count). The first-order valence-corrected chi connectivity index (χ1v) is 7.72. The summed E-state index contributed by atoms with van der Waals surface area (Å²) in [5.41, 5.74) is 2.29. The SMILES string of the molecule is O=C(O)c1cc(SCc2ccc(CO)cc2)ccc1Br. The van der Waals surface area contributed by atoms with Crippen molar-refractivity contribution in [2.75, 3.05) is 0 Å². The van der Waals surface area contributed by atoms with Crippen LogP contribution in [0, 0.1) is 0 Å². The third-order valence-corrected chi connectivity index (χ3v) is 4.54. The van der Waals surface area contributed by atoms with Gasteiger partial charge in [0.1, 0.15) is 0 Å². The second-order valence-corrected chi connectivity index (χ2v) is 6.11. The van der Waals surface area contributed by atoms with E-state index in [-0.39, 0.29) is 12.2 Å². The van der Waals surface area contributed by atoms with Crippen LogP contribution in [-0.2, 0) is 12.4 Å². The molecule has 0 aliphatic carbocycles. The standard InChI is InChI=1S/C15H13BrO3S/c16-14-6-5-12(7-13(14)15(18)19)20-9-11-3-1-10(8-17)2-4-11/h1-7,17H,8-9H2,(H,18,19). The second-order valence-electron chi connectivity index (χ2n) is 4.21. The molecule has 3 nitrogen and oxygen atoms in total. The number of benzene rings is 2. The van der Waals surface area contributed by atoms with Gasteiger partial charge in [0.2, 0.25) is 0 Å². The summed E-state index contributed by atoms with van der Waals surface area (Å²) in [6.07, 6.45) is 0. The molecule has 0 amide bonds. The van der Waals surface area contributed by atoms with Crippen LogP contribution in [0.5, 0.6) is 0 Å². The molecule has 20 heavy (non-hydrogen) atoms. The van der Waals surface area contributed by atoms with Crippen LogP contribution in [-0.4, -0.2) is 16.2 Å². The fourth-order valence-electron chi connectivity index (χ4n) is 1.67. The van der Waals surface area contributed by atoms with Gasteiger partial charge in [0.25, 0.3) is 0 Å². The molecule has 2 N–H and O–H groups in total. The summed E-state index contributed by atoms with van der Waals surface area (Å²) in [6.45, 7) is 0.0438. The molecule has 0 saturated heterocycles. The maximum absolute atomic E-state index is 11.1. The third kappa shape index (κ3) is 3.85. The van der Waals surface area contributed by atoms with Crippen molar-refractivity contribution in [3.05, 3.63) is 63.6 Å². The molecule has 0 bridgehead atoms. The third-order valence-electron chi connectivity index (χ3n) is 2.78. The van der Waals surface area contributed by atoms with Gasteiger partial charge in [0.15, 0.2) is 0 Å². The molecule has 0 fully saturated rings. The van der Waals surface area contributed by atoms with E-state index < -0.39 is 5.97 Å². The lowest BCUT2D eigenvalue weighted by Gasteiger charge is -2.05. The lowest BCUT2D eigenvalue weighted by molar-refractivity contribution is 0.0695. The Bertz CT molecular complexity index is 611. The summed E-state index contributed by atoms with van der Waals surface area (Å²) in [7, 11) is 0. The smallest absolute Gasteiger partial charge is 0.336 e. The van der Waals surface area contributed by atoms with E-state index in [0.717, 1.165) is 21.8 Å². The van der Waals surface area contributed by atoms with Crippen LogP contribution in [0.3, 0.4) is 0 Å². The van der Waals surface area contributed by atoms with Crippen molar-refractivity contribution in [2.24, 2.45) is 0 Å². The number of rotatable bonds is 5. The van der Waals surface area contributed by atoms with E-state index >= 15 is 0 Å². The van der Waals surface area contributed by atoms with Crippen molar-refractivity contribution in [1.82, 2.24) is 0 Å². The predicted octanol–water partition coefficient (Wildman–Crippen LogP) is 3.93. The van der Waals surface area contributed by atoms with E-state index in [4.69, 9.17) is 10.2 Å². The average molecular weight is 353 g/mol. The number of halogens is 1. The second kappa shape index (κ2) is 6.92. The van der Waals surface area contributed by atoms with Gasteiger partial charge in [-0.05, 0) is 45.3 Å². The van der Waals surface area contributed by atoms with Crippen molar-refractivity contribution < 1.29 is 15.0 Å². The van der Waals surface area contributed by atoms with Crippen LogP contribution >= 0.6 is 27.7 Å². The highest BCUT2D eigenvalue weighted by Gasteiger charge is 2.09. The monoisotopic (exact) mass is 352 g/mol. The molecule has 0 saturated carbocycles. The Morgan fingerprint density at radius 2 is 1.75 bits per heavy atom. The van der Waals surface area contributed by atoms with Gasteiger partial charge < -0.3 is 10.2 Å². The highest BCUT2D eigenvalue weighted by Crippen LogP contribution is 2.27. The largest absolute Gasteiger partial charge is 0.478 e. The molecule has 104 valence electrons. The first kappa shape index (κ1) is 15.1. The lowest BCUT2D eigenvalue weighted by atomic mass is 10.2. The highest BCUT2D eigenvalue weighted by molar-refractivity contribution is 9.10. The molecule has 2 aromatic carbocycles. The number of carboxylic acid groups (broad SMARTS) is 1. The van der Waals surface area contributed by atoms with E-state index in [1.54, 1.807) is 23.9 Å². The molecular formula is C15H13BrO3S. The summed E-state index contributed by atoms with van der Waals surface area (Å²) in [6, 6.07) is 13.0. The normalized spacial score (nSPS) is 10.5. The maximum Gasteiger partial charge on any atom is 0.336 e. The van der Waals surface area contributed by atoms with Crippen LogP contribution in [0.4, 0.5) is 0 Å². The Hall–Kier alpha value is -1.30. The number of aliphatic hydroxyl groups is 1. The number of hydrogen-bond acceptors (Lipinski definition) is 3. The fourth-order valence-corrected chi connectivity index (χ4v) is 2.97. The van der Waals surface area contributed by atoms with Gasteiger partial charge in [-0.25, -0.2) is 4.79 Å². The Kier molecular flexibility index (Phi) is 5.23. The van der Waals surface area contributed by atoms with Gasteiger partial charge in [0.05, 0.1) is 12.2 Å². The van der Waals surface area contributed by atoms with Gasteiger partial charge in [-0.3, -0.25) is 0 Å². The van der Waals surface area contributed by atoms with Crippen molar-refractivity contribution in [3.63, 3.8) is 0 Å². The molecule has 0 radical (unpaired) electrons. The maximum atomic E-state index is 11.1. The molecule has 2 aromatic rings. The van der Waals surface area contributed by atoms with Gasteiger partial charge in [-0.2, -0.15) is 0 Å². The molecule has 0 spiro atoms. The number of thioether (sulfide) groups is 1. The topological polar surface area (TPSA) is 57.5 Å². The predicted molar refractivity (Wildman–Crippen MR) is 83.0 cm³/mol. The minimum atomic E-state index is -0.938. The minimum absolute atomic E-state index is 0.0438. The number of aliphatic hydroxyl groups excluding tert-OH is 1. The zero-order chi connectivity index (χ0) is 14.5. The average Bonchev–Trinajstić information content (AvgIpc) is 2.46. The first-order valence-electron chi connectivity index (χ1n) is 5.94. The van der Waals surface area contributed by atoms with Crippen molar-refractivity contribution >= 4 is 33.7 Å². The summed E-state index contributed by atoms with van der Waals surface area (Å²) >= 11 is 4.81. The Balaban J connectivity index is 2.06. The van der Waals surface area contributed by atoms with E-state index in [2.05, 4.69) is 15.9 Å². The minimum Gasteiger partial charge on any atom is -0.478 e. The molecular weight excluding hydrogens is 340 g/mol.